The van der Waals surface area contributed by atoms with E-state index in [2.05, 4.69) is 67.6 Å². The van der Waals surface area contributed by atoms with E-state index < -0.39 is 0 Å². The van der Waals surface area contributed by atoms with Crippen LogP contribution in [-0.4, -0.2) is 12.5 Å². The fourth-order valence-electron chi connectivity index (χ4n) is 2.43. The van der Waals surface area contributed by atoms with Crippen LogP contribution in [-0.2, 0) is 4.79 Å². The van der Waals surface area contributed by atoms with E-state index in [1.807, 2.05) is 13.8 Å². The Balaban J connectivity index is 0. The molecule has 0 bridgehead atoms. The minimum absolute atomic E-state index is 0.0440. The molecule has 1 aliphatic rings. The van der Waals surface area contributed by atoms with Gasteiger partial charge in [0, 0.05) is 12.6 Å². The molecule has 0 spiro atoms. The number of carbonyl (C=O) groups is 1. The van der Waals surface area contributed by atoms with E-state index in [0.717, 1.165) is 5.92 Å². The number of nitrogens with one attached hydrogen (secondary N) is 1. The second-order valence-electron chi connectivity index (χ2n) is 7.45. The van der Waals surface area contributed by atoms with E-state index in [4.69, 9.17) is 0 Å². The zero-order chi connectivity index (χ0) is 18.7. The summed E-state index contributed by atoms with van der Waals surface area (Å²) in [6.45, 7) is 24.3. The number of allylic oxidation sites excluding steroid dienone is 2. The Kier molecular flexibility index (Phi) is 13.0. The maximum atomic E-state index is 11.7. The Labute approximate surface area is 145 Å². The number of carbonyl (C=O) groups excluding carboxylic acids is 1. The third-order valence-electron chi connectivity index (χ3n) is 3.29. The van der Waals surface area contributed by atoms with Crippen molar-refractivity contribution in [2.75, 3.05) is 6.54 Å². The zero-order valence-electron chi connectivity index (χ0n) is 17.5. The molecule has 2 heteroatoms. The van der Waals surface area contributed by atoms with E-state index in [1.165, 1.54) is 16.7 Å². The molecule has 0 aliphatic carbocycles. The van der Waals surface area contributed by atoms with Crippen LogP contribution in [0.2, 0.25) is 0 Å². The van der Waals surface area contributed by atoms with Gasteiger partial charge in [-0.2, -0.15) is 0 Å². The lowest BCUT2D eigenvalue weighted by atomic mass is 9.82. The Morgan fingerprint density at radius 2 is 1.26 bits per heavy atom. The van der Waals surface area contributed by atoms with Crippen LogP contribution in [0.1, 0.15) is 76.2 Å². The van der Waals surface area contributed by atoms with Crippen LogP contribution in [0.3, 0.4) is 0 Å². The molecule has 1 amide bonds. The van der Waals surface area contributed by atoms with Gasteiger partial charge < -0.3 is 5.32 Å². The van der Waals surface area contributed by atoms with Crippen LogP contribution in [0.5, 0.6) is 0 Å². The van der Waals surface area contributed by atoms with Gasteiger partial charge in [-0.3, -0.25) is 4.79 Å². The molecule has 0 aromatic rings. The average molecular weight is 324 g/mol. The second kappa shape index (κ2) is 12.4. The number of hydrogen-bond acceptors (Lipinski definition) is 1. The molecular formula is C21H41NO. The molecule has 0 aromatic heterocycles. The quantitative estimate of drug-likeness (QED) is 0.678. The van der Waals surface area contributed by atoms with Crippen molar-refractivity contribution in [1.82, 2.24) is 5.32 Å². The fourth-order valence-corrected chi connectivity index (χ4v) is 2.43. The van der Waals surface area contributed by atoms with E-state index in [9.17, 15) is 4.79 Å². The SMILES string of the molecule is CC.CC(C)C.CC(C)C1=CC(=O)NCC(C(C)C)=C1C(C)C. The minimum atomic E-state index is 0.0440. The zero-order valence-corrected chi connectivity index (χ0v) is 17.5. The average Bonchev–Trinajstić information content (AvgIpc) is 2.59. The lowest BCUT2D eigenvalue weighted by Gasteiger charge is -2.23. The summed E-state index contributed by atoms with van der Waals surface area (Å²) in [7, 11) is 0. The van der Waals surface area contributed by atoms with Crippen LogP contribution < -0.4 is 5.32 Å². The van der Waals surface area contributed by atoms with Gasteiger partial charge in [-0.15, -0.1) is 0 Å². The van der Waals surface area contributed by atoms with Gasteiger partial charge in [-0.25, -0.2) is 0 Å². The minimum Gasteiger partial charge on any atom is -0.349 e. The molecule has 0 saturated carbocycles. The first-order valence-electron chi connectivity index (χ1n) is 9.30. The highest BCUT2D eigenvalue weighted by molar-refractivity contribution is 5.90. The van der Waals surface area contributed by atoms with Gasteiger partial charge in [0.05, 0.1) is 0 Å². The van der Waals surface area contributed by atoms with E-state index >= 15 is 0 Å². The molecule has 0 fully saturated rings. The summed E-state index contributed by atoms with van der Waals surface area (Å²) in [6.07, 6.45) is 1.79. The predicted octanol–water partition coefficient (Wildman–Crippen LogP) is 6.00. The summed E-state index contributed by atoms with van der Waals surface area (Å²) in [4.78, 5) is 11.7. The number of rotatable bonds is 3. The summed E-state index contributed by atoms with van der Waals surface area (Å²) in [5.74, 6) is 2.22. The Morgan fingerprint density at radius 1 is 0.826 bits per heavy atom. The van der Waals surface area contributed by atoms with Crippen molar-refractivity contribution >= 4 is 5.91 Å². The van der Waals surface area contributed by atoms with E-state index in [-0.39, 0.29) is 5.91 Å². The standard InChI is InChI=1S/C15H25NO.C4H10.C2H6/c1-9(2)12-7-14(17)16-8-13(10(3)4)15(12)11(5)6;1-4(2)3;1-2/h7,9-11H,8H2,1-6H3,(H,16,17);4H,1-3H3;1-2H3. The highest BCUT2D eigenvalue weighted by Gasteiger charge is 2.23. The predicted molar refractivity (Wildman–Crippen MR) is 104 cm³/mol. The molecule has 23 heavy (non-hydrogen) atoms. The van der Waals surface area contributed by atoms with Crippen LogP contribution in [0, 0.1) is 23.7 Å². The maximum absolute atomic E-state index is 11.7. The number of amides is 1. The van der Waals surface area contributed by atoms with Crippen LogP contribution in [0.15, 0.2) is 22.8 Å². The van der Waals surface area contributed by atoms with Gasteiger partial charge in [-0.05, 0) is 40.4 Å². The van der Waals surface area contributed by atoms with Crippen molar-refractivity contribution in [2.45, 2.75) is 76.2 Å². The van der Waals surface area contributed by atoms with Crippen molar-refractivity contribution < 1.29 is 4.79 Å². The normalized spacial score (nSPS) is 14.9. The van der Waals surface area contributed by atoms with Crippen LogP contribution >= 0.6 is 0 Å². The van der Waals surface area contributed by atoms with Gasteiger partial charge in [-0.1, -0.05) is 76.2 Å². The number of hydrogen-bond donors (Lipinski definition) is 1. The van der Waals surface area contributed by atoms with Gasteiger partial charge in [0.2, 0.25) is 5.91 Å². The molecule has 0 saturated heterocycles. The summed E-state index contributed by atoms with van der Waals surface area (Å²) < 4.78 is 0. The second-order valence-corrected chi connectivity index (χ2v) is 7.45. The molecule has 1 rings (SSSR count). The van der Waals surface area contributed by atoms with Gasteiger partial charge in [0.25, 0.3) is 0 Å². The van der Waals surface area contributed by atoms with Crippen molar-refractivity contribution in [2.24, 2.45) is 23.7 Å². The smallest absolute Gasteiger partial charge is 0.244 e. The Bertz CT molecular complexity index is 395. The molecule has 0 atom stereocenters. The van der Waals surface area contributed by atoms with E-state index in [0.29, 0.717) is 24.3 Å². The molecule has 0 aromatic carbocycles. The third kappa shape index (κ3) is 9.63. The molecule has 1 N–H and O–H groups in total. The molecule has 1 heterocycles. The summed E-state index contributed by atoms with van der Waals surface area (Å²) in [5, 5.41) is 2.97. The summed E-state index contributed by atoms with van der Waals surface area (Å²) in [6, 6.07) is 0. The molecular weight excluding hydrogens is 282 g/mol. The third-order valence-corrected chi connectivity index (χ3v) is 3.29. The first-order chi connectivity index (χ1) is 10.6. The Hall–Kier alpha value is -1.05. The fraction of sp³-hybridized carbons (Fsp3) is 0.762. The highest BCUT2D eigenvalue weighted by atomic mass is 16.1. The molecule has 136 valence electrons. The van der Waals surface area contributed by atoms with Crippen molar-refractivity contribution in [1.29, 1.82) is 0 Å². The van der Waals surface area contributed by atoms with Gasteiger partial charge >= 0.3 is 0 Å². The largest absolute Gasteiger partial charge is 0.349 e. The van der Waals surface area contributed by atoms with Crippen molar-refractivity contribution in [3.05, 3.63) is 22.8 Å². The van der Waals surface area contributed by atoms with Crippen LogP contribution in [0.4, 0.5) is 0 Å². The molecule has 2 nitrogen and oxygen atoms in total. The first-order valence-corrected chi connectivity index (χ1v) is 9.30. The summed E-state index contributed by atoms with van der Waals surface area (Å²) >= 11 is 0. The van der Waals surface area contributed by atoms with Crippen molar-refractivity contribution in [3.63, 3.8) is 0 Å². The monoisotopic (exact) mass is 323 g/mol. The topological polar surface area (TPSA) is 29.1 Å². The van der Waals surface area contributed by atoms with E-state index in [1.54, 1.807) is 6.08 Å². The molecule has 1 aliphatic heterocycles. The lowest BCUT2D eigenvalue weighted by molar-refractivity contribution is -0.116. The molecule has 0 unspecified atom stereocenters. The molecule has 0 radical (unpaired) electrons. The summed E-state index contributed by atoms with van der Waals surface area (Å²) in [5.41, 5.74) is 3.97. The first kappa shape index (κ1) is 24.2. The van der Waals surface area contributed by atoms with Crippen molar-refractivity contribution in [3.8, 4) is 0 Å². The van der Waals surface area contributed by atoms with Gasteiger partial charge in [0.1, 0.15) is 0 Å². The highest BCUT2D eigenvalue weighted by Crippen LogP contribution is 2.32. The lowest BCUT2D eigenvalue weighted by Crippen LogP contribution is -2.24. The maximum Gasteiger partial charge on any atom is 0.244 e. The van der Waals surface area contributed by atoms with Gasteiger partial charge in [0.15, 0.2) is 0 Å². The Morgan fingerprint density at radius 3 is 1.57 bits per heavy atom. The van der Waals surface area contributed by atoms with Crippen LogP contribution in [0.25, 0.3) is 0 Å².